The van der Waals surface area contributed by atoms with Gasteiger partial charge >= 0.3 is 0 Å². The summed E-state index contributed by atoms with van der Waals surface area (Å²) < 4.78 is 5.98. The maximum absolute atomic E-state index is 6.15. The van der Waals surface area contributed by atoms with Crippen molar-refractivity contribution in [3.05, 3.63) is 28.8 Å². The van der Waals surface area contributed by atoms with Crippen LogP contribution in [-0.2, 0) is 6.42 Å². The molecule has 3 nitrogen and oxygen atoms in total. The standard InChI is InChI=1S/C17H25ClN2O/c18-16-3-4-17(21-12-13-1-2-13)15(9-16)6-8-20-7-5-14(10-19)11-20/h3-4,9,13-14H,1-2,5-8,10-12,19H2/t14-/m0/s1. The number of nitrogens with zero attached hydrogens (tertiary/aromatic N) is 1. The first-order valence-electron chi connectivity index (χ1n) is 8.08. The minimum Gasteiger partial charge on any atom is -0.493 e. The fourth-order valence-electron chi connectivity index (χ4n) is 2.96. The molecule has 0 bridgehead atoms. The molecule has 3 rings (SSSR count). The zero-order chi connectivity index (χ0) is 14.7. The average Bonchev–Trinajstić information content (AvgIpc) is 3.20. The predicted molar refractivity (Wildman–Crippen MR) is 87.0 cm³/mol. The number of ether oxygens (including phenoxy) is 1. The molecular weight excluding hydrogens is 284 g/mol. The SMILES string of the molecule is NC[C@@H]1CCN(CCc2cc(Cl)ccc2OCC2CC2)C1. The summed E-state index contributed by atoms with van der Waals surface area (Å²) in [5.41, 5.74) is 6.99. The Morgan fingerprint density at radius 2 is 2.10 bits per heavy atom. The summed E-state index contributed by atoms with van der Waals surface area (Å²) in [6.07, 6.45) is 4.86. The Labute approximate surface area is 132 Å². The second-order valence-corrected chi connectivity index (χ2v) is 6.88. The predicted octanol–water partition coefficient (Wildman–Crippen LogP) is 2.95. The molecule has 2 fully saturated rings. The van der Waals surface area contributed by atoms with Crippen molar-refractivity contribution in [3.8, 4) is 5.75 Å². The number of likely N-dealkylation sites (tertiary alicyclic amines) is 1. The van der Waals surface area contributed by atoms with Gasteiger partial charge in [0.15, 0.2) is 0 Å². The van der Waals surface area contributed by atoms with Crippen LogP contribution in [0.15, 0.2) is 18.2 Å². The van der Waals surface area contributed by atoms with Crippen LogP contribution in [0.5, 0.6) is 5.75 Å². The second kappa shape index (κ2) is 6.99. The van der Waals surface area contributed by atoms with Crippen LogP contribution < -0.4 is 10.5 Å². The van der Waals surface area contributed by atoms with Gasteiger partial charge < -0.3 is 15.4 Å². The molecule has 4 heteroatoms. The van der Waals surface area contributed by atoms with Crippen LogP contribution >= 0.6 is 11.6 Å². The Morgan fingerprint density at radius 3 is 2.81 bits per heavy atom. The molecule has 2 N–H and O–H groups in total. The van der Waals surface area contributed by atoms with Gasteiger partial charge in [-0.15, -0.1) is 0 Å². The smallest absolute Gasteiger partial charge is 0.122 e. The first kappa shape index (κ1) is 15.1. The lowest BCUT2D eigenvalue weighted by molar-refractivity contribution is 0.292. The quantitative estimate of drug-likeness (QED) is 0.841. The third kappa shape index (κ3) is 4.35. The van der Waals surface area contributed by atoms with Gasteiger partial charge in [-0.3, -0.25) is 0 Å². The Kier molecular flexibility index (Phi) is 5.04. The Balaban J connectivity index is 1.56. The van der Waals surface area contributed by atoms with E-state index in [0.717, 1.165) is 49.4 Å². The molecule has 1 saturated carbocycles. The van der Waals surface area contributed by atoms with Gasteiger partial charge in [-0.05, 0) is 74.4 Å². The normalized spacial score (nSPS) is 22.7. The summed E-state index contributed by atoms with van der Waals surface area (Å²) in [7, 11) is 0. The van der Waals surface area contributed by atoms with Crippen molar-refractivity contribution in [2.75, 3.05) is 32.8 Å². The zero-order valence-electron chi connectivity index (χ0n) is 12.6. The second-order valence-electron chi connectivity index (χ2n) is 6.45. The monoisotopic (exact) mass is 308 g/mol. The number of hydrogen-bond acceptors (Lipinski definition) is 3. The number of nitrogens with two attached hydrogens (primary N) is 1. The number of hydrogen-bond donors (Lipinski definition) is 1. The topological polar surface area (TPSA) is 38.5 Å². The Hall–Kier alpha value is -0.770. The molecule has 1 saturated heterocycles. The molecule has 0 unspecified atom stereocenters. The average molecular weight is 309 g/mol. The van der Waals surface area contributed by atoms with Crippen LogP contribution in [0.4, 0.5) is 0 Å². The summed E-state index contributed by atoms with van der Waals surface area (Å²) in [4.78, 5) is 2.50. The Bertz CT molecular complexity index is 476. The van der Waals surface area contributed by atoms with Gasteiger partial charge in [0.25, 0.3) is 0 Å². The lowest BCUT2D eigenvalue weighted by atomic mass is 10.1. The highest BCUT2D eigenvalue weighted by Crippen LogP contribution is 2.31. The molecular formula is C17H25ClN2O. The van der Waals surface area contributed by atoms with Gasteiger partial charge in [0.05, 0.1) is 6.61 Å². The van der Waals surface area contributed by atoms with Crippen molar-refractivity contribution in [1.29, 1.82) is 0 Å². The highest BCUT2D eigenvalue weighted by Gasteiger charge is 2.23. The molecule has 0 radical (unpaired) electrons. The van der Waals surface area contributed by atoms with Crippen LogP contribution in [0.2, 0.25) is 5.02 Å². The molecule has 21 heavy (non-hydrogen) atoms. The van der Waals surface area contributed by atoms with Crippen molar-refractivity contribution in [1.82, 2.24) is 4.90 Å². The van der Waals surface area contributed by atoms with Gasteiger partial charge in [-0.2, -0.15) is 0 Å². The van der Waals surface area contributed by atoms with Crippen molar-refractivity contribution in [2.24, 2.45) is 17.6 Å². The van der Waals surface area contributed by atoms with Gasteiger partial charge in [-0.1, -0.05) is 11.6 Å². The summed E-state index contributed by atoms with van der Waals surface area (Å²) in [5.74, 6) is 2.47. The molecule has 1 aliphatic heterocycles. The minimum absolute atomic E-state index is 0.676. The van der Waals surface area contributed by atoms with Gasteiger partial charge in [0.1, 0.15) is 5.75 Å². The molecule has 1 aromatic rings. The van der Waals surface area contributed by atoms with E-state index in [-0.39, 0.29) is 0 Å². The van der Waals surface area contributed by atoms with Crippen molar-refractivity contribution >= 4 is 11.6 Å². The van der Waals surface area contributed by atoms with Gasteiger partial charge in [-0.25, -0.2) is 0 Å². The van der Waals surface area contributed by atoms with Crippen LogP contribution in [0.25, 0.3) is 0 Å². The maximum atomic E-state index is 6.15. The van der Waals surface area contributed by atoms with Crippen LogP contribution in [-0.4, -0.2) is 37.7 Å². The molecule has 0 aromatic heterocycles. The molecule has 1 atom stereocenters. The largest absolute Gasteiger partial charge is 0.493 e. The van der Waals surface area contributed by atoms with E-state index in [1.807, 2.05) is 12.1 Å². The highest BCUT2D eigenvalue weighted by molar-refractivity contribution is 6.30. The van der Waals surface area contributed by atoms with E-state index >= 15 is 0 Å². The summed E-state index contributed by atoms with van der Waals surface area (Å²) >= 11 is 6.15. The Morgan fingerprint density at radius 1 is 1.24 bits per heavy atom. The molecule has 1 heterocycles. The fraction of sp³-hybridized carbons (Fsp3) is 0.647. The number of benzene rings is 1. The van der Waals surface area contributed by atoms with E-state index in [2.05, 4.69) is 11.0 Å². The van der Waals surface area contributed by atoms with Crippen molar-refractivity contribution < 1.29 is 4.74 Å². The number of rotatable bonds is 7. The maximum Gasteiger partial charge on any atom is 0.122 e. The first-order valence-corrected chi connectivity index (χ1v) is 8.46. The van der Waals surface area contributed by atoms with E-state index in [1.54, 1.807) is 0 Å². The molecule has 116 valence electrons. The molecule has 1 aliphatic carbocycles. The highest BCUT2D eigenvalue weighted by atomic mass is 35.5. The van der Waals surface area contributed by atoms with E-state index in [9.17, 15) is 0 Å². The van der Waals surface area contributed by atoms with Crippen molar-refractivity contribution in [3.63, 3.8) is 0 Å². The number of halogens is 1. The van der Waals surface area contributed by atoms with E-state index < -0.39 is 0 Å². The minimum atomic E-state index is 0.676. The summed E-state index contributed by atoms with van der Waals surface area (Å²) in [6, 6.07) is 6.00. The van der Waals surface area contributed by atoms with Gasteiger partial charge in [0.2, 0.25) is 0 Å². The van der Waals surface area contributed by atoms with Crippen LogP contribution in [0.1, 0.15) is 24.8 Å². The first-order chi connectivity index (χ1) is 10.2. The lowest BCUT2D eigenvalue weighted by Crippen LogP contribution is -2.25. The molecule has 0 amide bonds. The summed E-state index contributed by atoms with van der Waals surface area (Å²) in [6.45, 7) is 5.03. The zero-order valence-corrected chi connectivity index (χ0v) is 13.3. The van der Waals surface area contributed by atoms with Crippen molar-refractivity contribution in [2.45, 2.75) is 25.7 Å². The van der Waals surface area contributed by atoms with E-state index in [0.29, 0.717) is 5.92 Å². The molecule has 2 aliphatic rings. The van der Waals surface area contributed by atoms with Crippen LogP contribution in [0.3, 0.4) is 0 Å². The van der Waals surface area contributed by atoms with Gasteiger partial charge in [0, 0.05) is 18.1 Å². The molecule has 1 aromatic carbocycles. The van der Waals surface area contributed by atoms with E-state index in [4.69, 9.17) is 22.1 Å². The van der Waals surface area contributed by atoms with Crippen LogP contribution in [0, 0.1) is 11.8 Å². The summed E-state index contributed by atoms with van der Waals surface area (Å²) in [5, 5.41) is 0.796. The third-order valence-electron chi connectivity index (χ3n) is 4.59. The fourth-order valence-corrected chi connectivity index (χ4v) is 3.16. The lowest BCUT2D eigenvalue weighted by Gasteiger charge is -2.17. The third-order valence-corrected chi connectivity index (χ3v) is 4.83. The molecule has 0 spiro atoms. The van der Waals surface area contributed by atoms with E-state index in [1.165, 1.54) is 31.4 Å².